The van der Waals surface area contributed by atoms with Gasteiger partial charge >= 0.3 is 5.97 Å². The Hall–Kier alpha value is -4.28. The Morgan fingerprint density at radius 3 is 2.08 bits per heavy atom. The van der Waals surface area contributed by atoms with Gasteiger partial charge in [0, 0.05) is 32.5 Å². The van der Waals surface area contributed by atoms with Crippen LogP contribution >= 0.6 is 0 Å². The number of carbonyl (C=O) groups is 4. The molecule has 0 bridgehead atoms. The van der Waals surface area contributed by atoms with E-state index in [-0.39, 0.29) is 24.8 Å². The third kappa shape index (κ3) is 12.6. The molecule has 0 radical (unpaired) electrons. The minimum Gasteiger partial charge on any atom is -0.468 e. The van der Waals surface area contributed by atoms with Gasteiger partial charge in [-0.05, 0) is 56.7 Å². The summed E-state index contributed by atoms with van der Waals surface area (Å²) in [5.41, 5.74) is 19.0. The van der Waals surface area contributed by atoms with Crippen molar-refractivity contribution in [3.8, 4) is 11.8 Å². The minimum atomic E-state index is -1.11. The van der Waals surface area contributed by atoms with Crippen molar-refractivity contribution < 1.29 is 23.9 Å². The lowest BCUT2D eigenvalue weighted by molar-refractivity contribution is -0.151. The zero-order valence-electron chi connectivity index (χ0n) is 28.8. The lowest BCUT2D eigenvalue weighted by Crippen LogP contribution is -2.59. The molecule has 0 aliphatic carbocycles. The molecule has 1 heterocycles. The van der Waals surface area contributed by atoms with Crippen molar-refractivity contribution in [2.75, 3.05) is 33.3 Å². The van der Waals surface area contributed by atoms with Gasteiger partial charge in [-0.15, -0.1) is 11.8 Å². The Bertz CT molecular complexity index is 1400. The van der Waals surface area contributed by atoms with Gasteiger partial charge in [0.25, 0.3) is 0 Å². The van der Waals surface area contributed by atoms with Crippen molar-refractivity contribution >= 4 is 23.7 Å². The summed E-state index contributed by atoms with van der Waals surface area (Å²) >= 11 is 0. The molecule has 12 nitrogen and oxygen atoms in total. The third-order valence-electron chi connectivity index (χ3n) is 8.84. The molecule has 0 aromatic heterocycles. The topological polar surface area (TPSA) is 195 Å². The van der Waals surface area contributed by atoms with Gasteiger partial charge < -0.3 is 42.8 Å². The number of esters is 1. The van der Waals surface area contributed by atoms with E-state index in [1.165, 1.54) is 7.11 Å². The fourth-order valence-corrected chi connectivity index (χ4v) is 5.84. The standard InChI is InChI=1S/C37H53N7O5/c1-3-4-17-29(26-41-31(18-11-12-21-38)35(47)44-22-19-37(40,20-23-44)36(48)49-2)42-34(46)32(25-28-15-9-6-10-16-28)43-33(45)30(39)24-27-13-7-5-8-14-27/h5-10,13-16,29-32,41H,11-12,17-26,38-40H2,1-2H3,(H,42,46)(H,43,45). The molecule has 2 aromatic carbocycles. The number of nitrogens with one attached hydrogen (secondary N) is 3. The van der Waals surface area contributed by atoms with E-state index in [9.17, 15) is 19.2 Å². The van der Waals surface area contributed by atoms with Crippen molar-refractivity contribution in [3.63, 3.8) is 0 Å². The number of carbonyl (C=O) groups excluding carboxylic acids is 4. The molecule has 0 spiro atoms. The number of hydrogen-bond acceptors (Lipinski definition) is 9. The summed E-state index contributed by atoms with van der Waals surface area (Å²) in [5, 5.41) is 9.32. The Labute approximate surface area is 290 Å². The van der Waals surface area contributed by atoms with E-state index in [1.807, 2.05) is 60.7 Å². The monoisotopic (exact) mass is 675 g/mol. The maximum absolute atomic E-state index is 13.8. The van der Waals surface area contributed by atoms with Crippen LogP contribution in [0, 0.1) is 11.8 Å². The van der Waals surface area contributed by atoms with E-state index in [0.717, 1.165) is 24.0 Å². The number of ether oxygens (including phenoxy) is 1. The van der Waals surface area contributed by atoms with Crippen molar-refractivity contribution in [2.24, 2.45) is 17.2 Å². The fourth-order valence-electron chi connectivity index (χ4n) is 5.84. The minimum absolute atomic E-state index is 0.0998. The third-order valence-corrected chi connectivity index (χ3v) is 8.84. The van der Waals surface area contributed by atoms with E-state index in [4.69, 9.17) is 21.9 Å². The second kappa shape index (κ2) is 20.3. The van der Waals surface area contributed by atoms with Crippen LogP contribution in [-0.2, 0) is 36.8 Å². The van der Waals surface area contributed by atoms with Crippen molar-refractivity contribution in [2.45, 2.75) is 88.0 Å². The summed E-state index contributed by atoms with van der Waals surface area (Å²) in [5.74, 6) is 4.54. The number of piperidine rings is 1. The highest BCUT2D eigenvalue weighted by molar-refractivity contribution is 5.90. The first-order chi connectivity index (χ1) is 23.6. The molecule has 1 aliphatic rings. The zero-order chi connectivity index (χ0) is 35.6. The van der Waals surface area contributed by atoms with Crippen LogP contribution < -0.4 is 33.2 Å². The van der Waals surface area contributed by atoms with Gasteiger partial charge in [0.05, 0.1) is 25.2 Å². The van der Waals surface area contributed by atoms with Gasteiger partial charge in [0.2, 0.25) is 17.7 Å². The molecule has 12 heteroatoms. The number of nitrogens with two attached hydrogens (primary N) is 3. The molecule has 1 aliphatic heterocycles. The summed E-state index contributed by atoms with van der Waals surface area (Å²) in [6.07, 6.45) is 3.56. The van der Waals surface area contributed by atoms with Gasteiger partial charge in [0.15, 0.2) is 0 Å². The lowest BCUT2D eigenvalue weighted by atomic mass is 9.88. The number of unbranched alkanes of at least 4 members (excludes halogenated alkanes) is 1. The molecule has 0 saturated carbocycles. The maximum atomic E-state index is 13.8. The first-order valence-electron chi connectivity index (χ1n) is 17.0. The first-order valence-corrected chi connectivity index (χ1v) is 17.0. The zero-order valence-corrected chi connectivity index (χ0v) is 28.8. The Kier molecular flexibility index (Phi) is 16.2. The molecular weight excluding hydrogens is 622 g/mol. The predicted octanol–water partition coefficient (Wildman–Crippen LogP) is 0.762. The summed E-state index contributed by atoms with van der Waals surface area (Å²) in [6, 6.07) is 16.2. The van der Waals surface area contributed by atoms with E-state index in [2.05, 4.69) is 27.8 Å². The number of rotatable bonds is 18. The SMILES string of the molecule is CC#CCC(CNC(CCCCN)C(=O)N1CCC(N)(C(=O)OC)CC1)NC(=O)C(Cc1ccccc1)NC(=O)C(N)Cc1ccccc1. The Balaban J connectivity index is 1.71. The van der Waals surface area contributed by atoms with E-state index < -0.39 is 41.6 Å². The van der Waals surface area contributed by atoms with E-state index in [0.29, 0.717) is 51.7 Å². The van der Waals surface area contributed by atoms with Crippen molar-refractivity contribution in [1.82, 2.24) is 20.9 Å². The normalized spacial score (nSPS) is 16.2. The molecule has 1 saturated heterocycles. The average Bonchev–Trinajstić information content (AvgIpc) is 3.11. The highest BCUT2D eigenvalue weighted by atomic mass is 16.5. The van der Waals surface area contributed by atoms with E-state index >= 15 is 0 Å². The lowest BCUT2D eigenvalue weighted by Gasteiger charge is -2.38. The van der Waals surface area contributed by atoms with Crippen LogP contribution in [0.1, 0.15) is 56.6 Å². The van der Waals surface area contributed by atoms with Crippen LogP contribution in [0.2, 0.25) is 0 Å². The molecule has 4 unspecified atom stereocenters. The highest BCUT2D eigenvalue weighted by Gasteiger charge is 2.40. The highest BCUT2D eigenvalue weighted by Crippen LogP contribution is 2.22. The van der Waals surface area contributed by atoms with Gasteiger partial charge in [-0.1, -0.05) is 67.1 Å². The van der Waals surface area contributed by atoms with Crippen LogP contribution in [0.5, 0.6) is 0 Å². The predicted molar refractivity (Wildman–Crippen MR) is 190 cm³/mol. The van der Waals surface area contributed by atoms with Crippen LogP contribution in [0.15, 0.2) is 60.7 Å². The number of likely N-dealkylation sites (tertiary alicyclic amines) is 1. The summed E-state index contributed by atoms with van der Waals surface area (Å²) in [6.45, 7) is 3.15. The second-order valence-electron chi connectivity index (χ2n) is 12.6. The number of benzene rings is 2. The summed E-state index contributed by atoms with van der Waals surface area (Å²) < 4.78 is 4.87. The summed E-state index contributed by atoms with van der Waals surface area (Å²) in [7, 11) is 1.31. The number of nitrogens with zero attached hydrogens (tertiary/aromatic N) is 1. The molecule has 3 rings (SSSR count). The molecule has 1 fully saturated rings. The van der Waals surface area contributed by atoms with Crippen LogP contribution in [0.25, 0.3) is 0 Å². The average molecular weight is 676 g/mol. The molecule has 3 amide bonds. The smallest absolute Gasteiger partial charge is 0.325 e. The van der Waals surface area contributed by atoms with Crippen molar-refractivity contribution in [1.29, 1.82) is 0 Å². The van der Waals surface area contributed by atoms with Gasteiger partial charge in [0.1, 0.15) is 11.6 Å². The van der Waals surface area contributed by atoms with Gasteiger partial charge in [-0.25, -0.2) is 0 Å². The van der Waals surface area contributed by atoms with Gasteiger partial charge in [-0.3, -0.25) is 19.2 Å². The largest absolute Gasteiger partial charge is 0.468 e. The number of amides is 3. The van der Waals surface area contributed by atoms with Crippen LogP contribution in [0.3, 0.4) is 0 Å². The Morgan fingerprint density at radius 2 is 1.51 bits per heavy atom. The molecule has 49 heavy (non-hydrogen) atoms. The maximum Gasteiger partial charge on any atom is 0.325 e. The number of hydrogen-bond donors (Lipinski definition) is 6. The summed E-state index contributed by atoms with van der Waals surface area (Å²) in [4.78, 5) is 54.7. The van der Waals surface area contributed by atoms with Gasteiger partial charge in [-0.2, -0.15) is 0 Å². The molecule has 9 N–H and O–H groups in total. The first kappa shape index (κ1) is 39.2. The quantitative estimate of drug-likeness (QED) is 0.0752. The van der Waals surface area contributed by atoms with Crippen LogP contribution in [-0.4, -0.2) is 91.6 Å². The molecular formula is C37H53N7O5. The van der Waals surface area contributed by atoms with Crippen molar-refractivity contribution in [3.05, 3.63) is 71.8 Å². The molecule has 4 atom stereocenters. The number of methoxy groups -OCH3 is 1. The van der Waals surface area contributed by atoms with E-state index in [1.54, 1.807) is 11.8 Å². The molecule has 2 aromatic rings. The molecule has 266 valence electrons. The Morgan fingerprint density at radius 1 is 0.898 bits per heavy atom. The second-order valence-corrected chi connectivity index (χ2v) is 12.6. The van der Waals surface area contributed by atoms with Crippen LogP contribution in [0.4, 0.5) is 0 Å². The fraction of sp³-hybridized carbons (Fsp3) is 0.514.